The Bertz CT molecular complexity index is 1070. The van der Waals surface area contributed by atoms with Crippen LogP contribution in [0.1, 0.15) is 23.6 Å². The van der Waals surface area contributed by atoms with E-state index >= 15 is 0 Å². The van der Waals surface area contributed by atoms with Crippen LogP contribution in [0, 0.1) is 0 Å². The Balaban J connectivity index is 1.86. The molecule has 0 fully saturated rings. The zero-order valence-electron chi connectivity index (χ0n) is 20.0. The van der Waals surface area contributed by atoms with Crippen LogP contribution in [0.5, 0.6) is 11.5 Å². The Morgan fingerprint density at radius 3 is 2.24 bits per heavy atom. The number of hydrogen-bond donors (Lipinski definition) is 1. The van der Waals surface area contributed by atoms with Crippen LogP contribution < -0.4 is 14.8 Å². The second kappa shape index (κ2) is 12.4. The van der Waals surface area contributed by atoms with E-state index in [1.807, 2.05) is 78.9 Å². The average molecular weight is 461 g/mol. The zero-order valence-corrected chi connectivity index (χ0v) is 20.0. The first kappa shape index (κ1) is 24.8. The molecule has 0 unspecified atom stereocenters. The highest BCUT2D eigenvalue weighted by Gasteiger charge is 2.30. The Morgan fingerprint density at radius 2 is 1.59 bits per heavy atom. The van der Waals surface area contributed by atoms with E-state index in [0.29, 0.717) is 17.9 Å². The van der Waals surface area contributed by atoms with Crippen LogP contribution >= 0.6 is 0 Å². The summed E-state index contributed by atoms with van der Waals surface area (Å²) in [5.74, 6) is 0.808. The standard InChI is InChI=1S/C28H32N2O4/c1-4-21-13-15-24(16-14-21)34-20-27(31)30(19-23-11-8-12-25(17-23)33-3)26(28(32)29-2)18-22-9-6-5-7-10-22/h5-17,26H,4,18-20H2,1-3H3,(H,29,32)/t26-/m1/s1. The molecule has 0 saturated heterocycles. The Hall–Kier alpha value is -3.80. The Kier molecular flexibility index (Phi) is 9.09. The first-order valence-electron chi connectivity index (χ1n) is 11.4. The van der Waals surface area contributed by atoms with Gasteiger partial charge < -0.3 is 19.7 Å². The molecule has 0 aromatic heterocycles. The molecule has 0 aliphatic heterocycles. The van der Waals surface area contributed by atoms with Gasteiger partial charge in [0, 0.05) is 20.0 Å². The van der Waals surface area contributed by atoms with Crippen molar-refractivity contribution in [1.29, 1.82) is 0 Å². The van der Waals surface area contributed by atoms with E-state index in [4.69, 9.17) is 9.47 Å². The van der Waals surface area contributed by atoms with E-state index in [1.54, 1.807) is 19.1 Å². The van der Waals surface area contributed by atoms with Crippen LogP contribution in [-0.4, -0.2) is 43.5 Å². The van der Waals surface area contributed by atoms with E-state index in [-0.39, 0.29) is 25.0 Å². The number of likely N-dealkylation sites (N-methyl/N-ethyl adjacent to an activating group) is 1. The molecule has 34 heavy (non-hydrogen) atoms. The highest BCUT2D eigenvalue weighted by molar-refractivity contribution is 5.88. The van der Waals surface area contributed by atoms with Gasteiger partial charge in [-0.15, -0.1) is 0 Å². The number of nitrogens with one attached hydrogen (secondary N) is 1. The lowest BCUT2D eigenvalue weighted by molar-refractivity contribution is -0.142. The summed E-state index contributed by atoms with van der Waals surface area (Å²) in [6.07, 6.45) is 1.32. The van der Waals surface area contributed by atoms with Gasteiger partial charge in [0.25, 0.3) is 5.91 Å². The van der Waals surface area contributed by atoms with Gasteiger partial charge in [0.15, 0.2) is 6.61 Å². The van der Waals surface area contributed by atoms with E-state index < -0.39 is 6.04 Å². The second-order valence-electron chi connectivity index (χ2n) is 7.98. The number of amides is 2. The molecule has 0 heterocycles. The maximum atomic E-state index is 13.4. The molecule has 1 atom stereocenters. The molecule has 0 bridgehead atoms. The SMILES string of the molecule is CCc1ccc(OCC(=O)N(Cc2cccc(OC)c2)[C@H](Cc2ccccc2)C(=O)NC)cc1. The van der Waals surface area contributed by atoms with Gasteiger partial charge in [-0.3, -0.25) is 9.59 Å². The Morgan fingerprint density at radius 1 is 0.882 bits per heavy atom. The molecule has 3 aromatic carbocycles. The number of carbonyl (C=O) groups excluding carboxylic acids is 2. The fourth-order valence-electron chi connectivity index (χ4n) is 3.74. The van der Waals surface area contributed by atoms with Crippen molar-refractivity contribution in [2.75, 3.05) is 20.8 Å². The van der Waals surface area contributed by atoms with E-state index in [2.05, 4.69) is 12.2 Å². The summed E-state index contributed by atoms with van der Waals surface area (Å²) in [6, 6.07) is 24.2. The van der Waals surface area contributed by atoms with Crippen LogP contribution in [-0.2, 0) is 29.0 Å². The summed E-state index contributed by atoms with van der Waals surface area (Å²) < 4.78 is 11.1. The second-order valence-corrected chi connectivity index (χ2v) is 7.98. The predicted molar refractivity (Wildman–Crippen MR) is 133 cm³/mol. The molecule has 0 radical (unpaired) electrons. The molecule has 0 aliphatic carbocycles. The summed E-state index contributed by atoms with van der Waals surface area (Å²) >= 11 is 0. The van der Waals surface area contributed by atoms with Crippen molar-refractivity contribution >= 4 is 11.8 Å². The molecular formula is C28H32N2O4. The maximum absolute atomic E-state index is 13.4. The van der Waals surface area contributed by atoms with E-state index in [9.17, 15) is 9.59 Å². The third kappa shape index (κ3) is 6.85. The normalized spacial score (nSPS) is 11.4. The minimum absolute atomic E-state index is 0.169. The van der Waals surface area contributed by atoms with Crippen molar-refractivity contribution < 1.29 is 19.1 Å². The highest BCUT2D eigenvalue weighted by atomic mass is 16.5. The smallest absolute Gasteiger partial charge is 0.261 e. The molecular weight excluding hydrogens is 428 g/mol. The van der Waals surface area contributed by atoms with Crippen molar-refractivity contribution in [3.8, 4) is 11.5 Å². The van der Waals surface area contributed by atoms with Crippen LogP contribution in [0.25, 0.3) is 0 Å². The molecule has 178 valence electrons. The van der Waals surface area contributed by atoms with Crippen LogP contribution in [0.4, 0.5) is 0 Å². The first-order valence-corrected chi connectivity index (χ1v) is 11.4. The number of carbonyl (C=O) groups is 2. The summed E-state index contributed by atoms with van der Waals surface area (Å²) in [5.41, 5.74) is 3.03. The average Bonchev–Trinajstić information content (AvgIpc) is 2.89. The lowest BCUT2D eigenvalue weighted by Gasteiger charge is -2.31. The van der Waals surface area contributed by atoms with Crippen LogP contribution in [0.15, 0.2) is 78.9 Å². The number of benzene rings is 3. The van der Waals surface area contributed by atoms with Crippen molar-refractivity contribution in [3.05, 3.63) is 95.6 Å². The van der Waals surface area contributed by atoms with E-state index in [0.717, 1.165) is 17.5 Å². The topological polar surface area (TPSA) is 67.9 Å². The van der Waals surface area contributed by atoms with Crippen LogP contribution in [0.3, 0.4) is 0 Å². The molecule has 6 heteroatoms. The third-order valence-corrected chi connectivity index (χ3v) is 5.70. The van der Waals surface area contributed by atoms with Gasteiger partial charge in [0.2, 0.25) is 5.91 Å². The van der Waals surface area contributed by atoms with Gasteiger partial charge in [0.05, 0.1) is 7.11 Å². The van der Waals surface area contributed by atoms with Gasteiger partial charge in [-0.25, -0.2) is 0 Å². The molecule has 2 amide bonds. The summed E-state index contributed by atoms with van der Waals surface area (Å²) in [7, 11) is 3.18. The molecule has 6 nitrogen and oxygen atoms in total. The van der Waals surface area contributed by atoms with Gasteiger partial charge >= 0.3 is 0 Å². The van der Waals surface area contributed by atoms with Gasteiger partial charge in [0.1, 0.15) is 17.5 Å². The van der Waals surface area contributed by atoms with Gasteiger partial charge in [-0.2, -0.15) is 0 Å². The number of hydrogen-bond acceptors (Lipinski definition) is 4. The highest BCUT2D eigenvalue weighted by Crippen LogP contribution is 2.19. The van der Waals surface area contributed by atoms with Crippen LogP contribution in [0.2, 0.25) is 0 Å². The monoisotopic (exact) mass is 460 g/mol. The largest absolute Gasteiger partial charge is 0.497 e. The van der Waals surface area contributed by atoms with Crippen molar-refractivity contribution in [1.82, 2.24) is 10.2 Å². The minimum Gasteiger partial charge on any atom is -0.497 e. The van der Waals surface area contributed by atoms with E-state index in [1.165, 1.54) is 5.56 Å². The lowest BCUT2D eigenvalue weighted by Crippen LogP contribution is -2.51. The lowest BCUT2D eigenvalue weighted by atomic mass is 10.0. The number of ether oxygens (including phenoxy) is 2. The van der Waals surface area contributed by atoms with Gasteiger partial charge in [-0.05, 0) is 47.4 Å². The van der Waals surface area contributed by atoms with Gasteiger partial charge in [-0.1, -0.05) is 61.5 Å². The predicted octanol–water partition coefficient (Wildman–Crippen LogP) is 4.02. The first-order chi connectivity index (χ1) is 16.5. The molecule has 0 spiro atoms. The minimum atomic E-state index is -0.697. The summed E-state index contributed by atoms with van der Waals surface area (Å²) in [6.45, 7) is 2.16. The molecule has 1 N–H and O–H groups in total. The molecule has 3 aromatic rings. The number of rotatable bonds is 11. The number of nitrogens with zero attached hydrogens (tertiary/aromatic N) is 1. The number of aryl methyl sites for hydroxylation is 1. The van der Waals surface area contributed by atoms with Crippen molar-refractivity contribution in [3.63, 3.8) is 0 Å². The maximum Gasteiger partial charge on any atom is 0.261 e. The quantitative estimate of drug-likeness (QED) is 0.469. The van der Waals surface area contributed by atoms with Crippen molar-refractivity contribution in [2.45, 2.75) is 32.4 Å². The summed E-state index contributed by atoms with van der Waals surface area (Å²) in [4.78, 5) is 28.0. The molecule has 3 rings (SSSR count). The fourth-order valence-corrected chi connectivity index (χ4v) is 3.74. The zero-order chi connectivity index (χ0) is 24.3. The number of methoxy groups -OCH3 is 1. The third-order valence-electron chi connectivity index (χ3n) is 5.70. The molecule has 0 saturated carbocycles. The Labute approximate surface area is 201 Å². The molecule has 0 aliphatic rings. The summed E-state index contributed by atoms with van der Waals surface area (Å²) in [5, 5.41) is 2.72. The fraction of sp³-hybridized carbons (Fsp3) is 0.286. The van der Waals surface area contributed by atoms with Crippen molar-refractivity contribution in [2.24, 2.45) is 0 Å².